The molecule has 2 aromatic heterocycles. The molecule has 4 rings (SSSR count). The van der Waals surface area contributed by atoms with E-state index in [1.54, 1.807) is 12.4 Å². The maximum absolute atomic E-state index is 13.3. The van der Waals surface area contributed by atoms with Crippen LogP contribution in [0, 0.1) is 0 Å². The number of aryl methyl sites for hydroxylation is 1. The molecule has 1 saturated heterocycles. The first-order valence-corrected chi connectivity index (χ1v) is 9.82. The van der Waals surface area contributed by atoms with Crippen LogP contribution in [0.1, 0.15) is 47.8 Å². The molecular formula is C23H25N3O2. The Bertz CT molecular complexity index is 919. The quantitative estimate of drug-likeness (QED) is 0.647. The number of pyridine rings is 1. The molecule has 144 valence electrons. The number of carbonyl (C=O) groups excluding carboxylic acids is 1. The van der Waals surface area contributed by atoms with E-state index in [0.717, 1.165) is 25.8 Å². The number of rotatable bonds is 4. The zero-order chi connectivity index (χ0) is 19.3. The summed E-state index contributed by atoms with van der Waals surface area (Å²) in [5.74, 6) is 1.46. The minimum atomic E-state index is 0.0843. The van der Waals surface area contributed by atoms with Gasteiger partial charge >= 0.3 is 0 Å². The van der Waals surface area contributed by atoms with Crippen molar-refractivity contribution in [3.8, 4) is 11.5 Å². The maximum atomic E-state index is 13.3. The van der Waals surface area contributed by atoms with Crippen molar-refractivity contribution in [1.29, 1.82) is 0 Å². The van der Waals surface area contributed by atoms with Gasteiger partial charge in [-0.1, -0.05) is 12.8 Å². The second kappa shape index (κ2) is 8.30. The van der Waals surface area contributed by atoms with Crippen LogP contribution in [0.4, 0.5) is 0 Å². The van der Waals surface area contributed by atoms with Gasteiger partial charge in [-0.3, -0.25) is 9.78 Å². The Kier molecular flexibility index (Phi) is 5.42. The lowest BCUT2D eigenvalue weighted by molar-refractivity contribution is 0.0674. The number of likely N-dealkylation sites (tertiary alicyclic amines) is 1. The zero-order valence-corrected chi connectivity index (χ0v) is 16.1. The van der Waals surface area contributed by atoms with E-state index in [2.05, 4.69) is 15.6 Å². The molecule has 3 aromatic rings. The second-order valence-electron chi connectivity index (χ2n) is 7.22. The van der Waals surface area contributed by atoms with Gasteiger partial charge in [0, 0.05) is 37.2 Å². The van der Waals surface area contributed by atoms with Crippen LogP contribution in [0.2, 0.25) is 0 Å². The van der Waals surface area contributed by atoms with Crippen LogP contribution in [0.5, 0.6) is 11.5 Å². The number of aromatic nitrogens is 2. The molecule has 0 N–H and O–H groups in total. The van der Waals surface area contributed by atoms with Gasteiger partial charge in [-0.05, 0) is 61.4 Å². The molecule has 0 bridgehead atoms. The fourth-order valence-electron chi connectivity index (χ4n) is 3.85. The first-order valence-electron chi connectivity index (χ1n) is 9.82. The third-order valence-electron chi connectivity index (χ3n) is 5.31. The van der Waals surface area contributed by atoms with Crippen LogP contribution in [-0.4, -0.2) is 26.9 Å². The molecule has 1 aliphatic heterocycles. The molecular weight excluding hydrogens is 350 g/mol. The number of hydrogen-bond acceptors (Lipinski definition) is 3. The fraction of sp³-hybridized carbons (Fsp3) is 0.304. The van der Waals surface area contributed by atoms with Crippen molar-refractivity contribution in [3.63, 3.8) is 0 Å². The van der Waals surface area contributed by atoms with Gasteiger partial charge in [0.05, 0.1) is 12.2 Å². The lowest BCUT2D eigenvalue weighted by Gasteiger charge is -2.30. The minimum absolute atomic E-state index is 0.0843. The Labute approximate surface area is 165 Å². The largest absolute Gasteiger partial charge is 0.456 e. The number of nitrogens with zero attached hydrogens (tertiary/aromatic N) is 3. The molecule has 0 unspecified atom stereocenters. The average molecular weight is 375 g/mol. The van der Waals surface area contributed by atoms with Gasteiger partial charge in [-0.15, -0.1) is 0 Å². The summed E-state index contributed by atoms with van der Waals surface area (Å²) >= 11 is 0. The molecule has 5 nitrogen and oxygen atoms in total. The molecule has 0 spiro atoms. The molecule has 1 atom stereocenters. The van der Waals surface area contributed by atoms with Crippen LogP contribution < -0.4 is 4.74 Å². The number of hydrogen-bond donors (Lipinski definition) is 0. The number of benzene rings is 1. The van der Waals surface area contributed by atoms with E-state index >= 15 is 0 Å². The van der Waals surface area contributed by atoms with Crippen molar-refractivity contribution < 1.29 is 9.53 Å². The van der Waals surface area contributed by atoms with E-state index in [9.17, 15) is 4.79 Å². The van der Waals surface area contributed by atoms with Gasteiger partial charge in [0.15, 0.2) is 0 Å². The SMILES string of the molecule is Cn1cccc1[C@H]1CCCCCN1C(=O)c1ccc(Oc2cccnc2)cc1. The van der Waals surface area contributed by atoms with Gasteiger partial charge in [0.25, 0.3) is 5.91 Å². The first kappa shape index (κ1) is 18.3. The summed E-state index contributed by atoms with van der Waals surface area (Å²) in [5, 5.41) is 0. The predicted molar refractivity (Wildman–Crippen MR) is 108 cm³/mol. The standard InChI is InChI=1S/C23H25N3O2/c1-25-15-6-9-21(25)22-8-3-2-4-16-26(22)23(27)18-10-12-19(13-11-18)28-20-7-5-14-24-17-20/h5-7,9-15,17,22H,2-4,8,16H2,1H3/t22-/m1/s1. The van der Waals surface area contributed by atoms with Crippen LogP contribution in [0.3, 0.4) is 0 Å². The second-order valence-corrected chi connectivity index (χ2v) is 7.22. The summed E-state index contributed by atoms with van der Waals surface area (Å²) in [6, 6.07) is 15.4. The highest BCUT2D eigenvalue weighted by Crippen LogP contribution is 2.32. The monoisotopic (exact) mass is 375 g/mol. The molecule has 0 aliphatic carbocycles. The van der Waals surface area contributed by atoms with Crippen molar-refractivity contribution in [1.82, 2.24) is 14.5 Å². The Balaban J connectivity index is 1.54. The van der Waals surface area contributed by atoms with Crippen LogP contribution in [0.15, 0.2) is 67.1 Å². The normalized spacial score (nSPS) is 17.2. The fourth-order valence-corrected chi connectivity index (χ4v) is 3.85. The van der Waals surface area contributed by atoms with Crippen molar-refractivity contribution >= 4 is 5.91 Å². The van der Waals surface area contributed by atoms with Gasteiger partial charge in [-0.2, -0.15) is 0 Å². The van der Waals surface area contributed by atoms with Crippen molar-refractivity contribution in [2.75, 3.05) is 6.54 Å². The molecule has 0 saturated carbocycles. The molecule has 0 radical (unpaired) electrons. The predicted octanol–water partition coefficient (Wildman–Crippen LogP) is 4.97. The Hall–Kier alpha value is -3.08. The summed E-state index contributed by atoms with van der Waals surface area (Å²) in [4.78, 5) is 19.4. The topological polar surface area (TPSA) is 47.4 Å². The van der Waals surface area contributed by atoms with Crippen molar-refractivity contribution in [2.24, 2.45) is 7.05 Å². The number of carbonyl (C=O) groups is 1. The third-order valence-corrected chi connectivity index (χ3v) is 5.31. The zero-order valence-electron chi connectivity index (χ0n) is 16.1. The summed E-state index contributed by atoms with van der Waals surface area (Å²) in [5.41, 5.74) is 1.89. The highest BCUT2D eigenvalue weighted by molar-refractivity contribution is 5.94. The maximum Gasteiger partial charge on any atom is 0.254 e. The van der Waals surface area contributed by atoms with E-state index in [-0.39, 0.29) is 11.9 Å². The molecule has 1 aliphatic rings. The summed E-state index contributed by atoms with van der Waals surface area (Å²) < 4.78 is 7.91. The Morgan fingerprint density at radius 1 is 1.04 bits per heavy atom. The first-order chi connectivity index (χ1) is 13.7. The third kappa shape index (κ3) is 3.93. The number of amides is 1. The Morgan fingerprint density at radius 3 is 2.61 bits per heavy atom. The van der Waals surface area contributed by atoms with Crippen LogP contribution in [0.25, 0.3) is 0 Å². The average Bonchev–Trinajstić information content (AvgIpc) is 3.00. The van der Waals surface area contributed by atoms with E-state index < -0.39 is 0 Å². The molecule has 28 heavy (non-hydrogen) atoms. The van der Waals surface area contributed by atoms with Crippen molar-refractivity contribution in [2.45, 2.75) is 31.7 Å². The molecule has 1 amide bonds. The van der Waals surface area contributed by atoms with E-state index in [0.29, 0.717) is 17.1 Å². The highest BCUT2D eigenvalue weighted by Gasteiger charge is 2.28. The lowest BCUT2D eigenvalue weighted by atomic mass is 10.1. The minimum Gasteiger partial charge on any atom is -0.456 e. The smallest absolute Gasteiger partial charge is 0.254 e. The number of ether oxygens (including phenoxy) is 1. The van der Waals surface area contributed by atoms with E-state index in [1.165, 1.54) is 12.1 Å². The summed E-state index contributed by atoms with van der Waals surface area (Å²) in [7, 11) is 2.05. The summed E-state index contributed by atoms with van der Waals surface area (Å²) in [6.45, 7) is 0.794. The molecule has 1 aromatic carbocycles. The van der Waals surface area contributed by atoms with Crippen molar-refractivity contribution in [3.05, 3.63) is 78.4 Å². The van der Waals surface area contributed by atoms with E-state index in [4.69, 9.17) is 4.74 Å². The van der Waals surface area contributed by atoms with Crippen LogP contribution >= 0.6 is 0 Å². The van der Waals surface area contributed by atoms with Gasteiger partial charge in [-0.25, -0.2) is 0 Å². The molecule has 5 heteroatoms. The summed E-state index contributed by atoms with van der Waals surface area (Å²) in [6.07, 6.45) is 9.80. The lowest BCUT2D eigenvalue weighted by Crippen LogP contribution is -2.35. The van der Waals surface area contributed by atoms with Gasteiger partial charge < -0.3 is 14.2 Å². The molecule has 3 heterocycles. The molecule has 1 fully saturated rings. The van der Waals surface area contributed by atoms with E-state index in [1.807, 2.05) is 60.6 Å². The van der Waals surface area contributed by atoms with Gasteiger partial charge in [0.1, 0.15) is 11.5 Å². The highest BCUT2D eigenvalue weighted by atomic mass is 16.5. The van der Waals surface area contributed by atoms with Gasteiger partial charge in [0.2, 0.25) is 0 Å². The Morgan fingerprint density at radius 2 is 1.89 bits per heavy atom. The van der Waals surface area contributed by atoms with Crippen LogP contribution in [-0.2, 0) is 7.05 Å².